The zero-order valence-corrected chi connectivity index (χ0v) is 19.7. The van der Waals surface area contributed by atoms with Gasteiger partial charge in [-0.25, -0.2) is 0 Å². The molecular formula is C30H25Te. The van der Waals surface area contributed by atoms with Crippen LogP contribution in [-0.4, -0.2) is 16.8 Å². The van der Waals surface area contributed by atoms with Gasteiger partial charge in [0.15, 0.2) is 0 Å². The second-order valence-electron chi connectivity index (χ2n) is 7.59. The number of rotatable bonds is 5. The van der Waals surface area contributed by atoms with Crippen LogP contribution in [0.25, 0.3) is 0 Å². The average molecular weight is 513 g/mol. The van der Waals surface area contributed by atoms with Gasteiger partial charge in [-0.2, -0.15) is 0 Å². The van der Waals surface area contributed by atoms with Crippen molar-refractivity contribution in [3.63, 3.8) is 0 Å². The summed E-state index contributed by atoms with van der Waals surface area (Å²) in [4.78, 5) is 0. The molecule has 0 saturated carbocycles. The predicted molar refractivity (Wildman–Crippen MR) is 136 cm³/mol. The Morgan fingerprint density at radius 1 is 0.226 bits per heavy atom. The van der Waals surface area contributed by atoms with E-state index in [1.165, 1.54) is 18.1 Å². The molecule has 151 valence electrons. The molecule has 1 heteroatoms. The molecule has 0 heterocycles. The fraction of sp³-hybridized carbons (Fsp3) is 0. The van der Waals surface area contributed by atoms with E-state index in [-0.39, 0.29) is 0 Å². The molecule has 0 N–H and O–H groups in total. The molecule has 0 nitrogen and oxygen atoms in total. The van der Waals surface area contributed by atoms with Gasteiger partial charge < -0.3 is 0 Å². The molecular weight excluding hydrogens is 488 g/mol. The van der Waals surface area contributed by atoms with Gasteiger partial charge in [0.2, 0.25) is 0 Å². The Balaban J connectivity index is 2.14. The Bertz CT molecular complexity index is 1000. The normalized spacial score (nSPS) is 12.6. The Kier molecular flexibility index (Phi) is 5.24. The van der Waals surface area contributed by atoms with Crippen molar-refractivity contribution in [1.82, 2.24) is 0 Å². The first-order valence-electron chi connectivity index (χ1n) is 10.6. The Morgan fingerprint density at radius 2 is 0.387 bits per heavy atom. The van der Waals surface area contributed by atoms with E-state index in [4.69, 9.17) is 0 Å². The van der Waals surface area contributed by atoms with E-state index < -0.39 is 16.8 Å². The van der Waals surface area contributed by atoms with Gasteiger partial charge in [-0.3, -0.25) is 0 Å². The maximum atomic E-state index is 2.35. The monoisotopic (exact) mass is 515 g/mol. The van der Waals surface area contributed by atoms with Gasteiger partial charge in [-0.1, -0.05) is 0 Å². The summed E-state index contributed by atoms with van der Waals surface area (Å²) in [5.74, 6) is 0. The molecule has 0 aliphatic carbocycles. The zero-order chi connectivity index (χ0) is 21.0. The Morgan fingerprint density at radius 3 is 0.548 bits per heavy atom. The van der Waals surface area contributed by atoms with Crippen molar-refractivity contribution < 1.29 is 0 Å². The van der Waals surface area contributed by atoms with Crippen molar-refractivity contribution in [1.29, 1.82) is 0 Å². The molecule has 0 atom stereocenters. The number of benzene rings is 5. The van der Waals surface area contributed by atoms with Crippen LogP contribution in [0.1, 0.15) is 0 Å². The minimum atomic E-state index is -4.31. The van der Waals surface area contributed by atoms with Crippen molar-refractivity contribution >= 4 is 34.9 Å². The van der Waals surface area contributed by atoms with Crippen LogP contribution in [0.5, 0.6) is 0 Å². The molecule has 0 aliphatic rings. The zero-order valence-electron chi connectivity index (χ0n) is 17.3. The SMILES string of the molecule is c1ccc([Te](c2ccccc2)(c2ccccc2)(c2ccccc2)c2ccccc2)cc1. The van der Waals surface area contributed by atoms with Crippen LogP contribution < -0.4 is 18.1 Å². The van der Waals surface area contributed by atoms with E-state index >= 15 is 0 Å². The molecule has 0 aromatic heterocycles. The summed E-state index contributed by atoms with van der Waals surface area (Å²) < 4.78 is 7.07. The molecule has 5 aromatic rings. The van der Waals surface area contributed by atoms with Crippen LogP contribution in [-0.2, 0) is 0 Å². The molecule has 0 bridgehead atoms. The maximum absolute atomic E-state index is 4.31. The van der Waals surface area contributed by atoms with Crippen LogP contribution in [0, 0.1) is 0 Å². The molecule has 0 fully saturated rings. The van der Waals surface area contributed by atoms with Crippen LogP contribution in [0.2, 0.25) is 0 Å². The van der Waals surface area contributed by atoms with Gasteiger partial charge in [0.05, 0.1) is 0 Å². The first-order valence-corrected chi connectivity index (χ1v) is 16.4. The van der Waals surface area contributed by atoms with Gasteiger partial charge in [0.25, 0.3) is 0 Å². The standard InChI is InChI=1S/C30H25Te/c1-6-16-26(17-7-1)31(27-18-8-2-9-19-27,28-20-10-3-11-21-28,29-22-12-4-13-23-29)30-24-14-5-15-25-30/h1-25H. The van der Waals surface area contributed by atoms with Gasteiger partial charge >= 0.3 is 187 Å². The molecule has 5 rings (SSSR count). The topological polar surface area (TPSA) is 0 Å². The second-order valence-corrected chi connectivity index (χ2v) is 20.1. The Hall–Kier alpha value is -3.11. The van der Waals surface area contributed by atoms with E-state index in [1.807, 2.05) is 0 Å². The van der Waals surface area contributed by atoms with Crippen LogP contribution in [0.15, 0.2) is 152 Å². The van der Waals surface area contributed by atoms with E-state index in [2.05, 4.69) is 152 Å². The third-order valence-corrected chi connectivity index (χ3v) is 23.4. The average Bonchev–Trinajstić information content (AvgIpc) is 2.88. The van der Waals surface area contributed by atoms with E-state index in [0.29, 0.717) is 0 Å². The van der Waals surface area contributed by atoms with Gasteiger partial charge in [0, 0.05) is 0 Å². The summed E-state index contributed by atoms with van der Waals surface area (Å²) in [5.41, 5.74) is 0. The van der Waals surface area contributed by atoms with Crippen molar-refractivity contribution in [2.45, 2.75) is 0 Å². The summed E-state index contributed by atoms with van der Waals surface area (Å²) >= 11 is -4.31. The minimum absolute atomic E-state index is 1.41. The fourth-order valence-corrected chi connectivity index (χ4v) is 22.6. The van der Waals surface area contributed by atoms with Gasteiger partial charge in [-0.15, -0.1) is 0 Å². The molecule has 31 heavy (non-hydrogen) atoms. The van der Waals surface area contributed by atoms with E-state index in [9.17, 15) is 0 Å². The molecule has 5 aromatic carbocycles. The van der Waals surface area contributed by atoms with Gasteiger partial charge in [0.1, 0.15) is 0 Å². The molecule has 0 amide bonds. The molecule has 0 unspecified atom stereocenters. The van der Waals surface area contributed by atoms with Crippen LogP contribution in [0.3, 0.4) is 0 Å². The fourth-order valence-electron chi connectivity index (χ4n) is 4.82. The molecule has 0 saturated heterocycles. The summed E-state index contributed by atoms with van der Waals surface area (Å²) in [6.07, 6.45) is 0. The number of hydrogen-bond acceptors (Lipinski definition) is 0. The van der Waals surface area contributed by atoms with E-state index in [0.717, 1.165) is 0 Å². The molecule has 1 radical (unpaired) electrons. The third-order valence-electron chi connectivity index (χ3n) is 6.07. The first-order chi connectivity index (χ1) is 15.4. The van der Waals surface area contributed by atoms with Crippen molar-refractivity contribution in [3.05, 3.63) is 152 Å². The van der Waals surface area contributed by atoms with Crippen LogP contribution >= 0.6 is 0 Å². The van der Waals surface area contributed by atoms with Crippen molar-refractivity contribution in [2.24, 2.45) is 0 Å². The third kappa shape index (κ3) is 2.82. The number of hydrogen-bond donors (Lipinski definition) is 0. The summed E-state index contributed by atoms with van der Waals surface area (Å²) in [7, 11) is 0. The van der Waals surface area contributed by atoms with E-state index in [1.54, 1.807) is 0 Å². The summed E-state index contributed by atoms with van der Waals surface area (Å²) in [6.45, 7) is 0. The summed E-state index contributed by atoms with van der Waals surface area (Å²) in [5, 5.41) is 0. The Labute approximate surface area is 185 Å². The second kappa shape index (κ2) is 8.20. The van der Waals surface area contributed by atoms with Crippen LogP contribution in [0.4, 0.5) is 0 Å². The van der Waals surface area contributed by atoms with Gasteiger partial charge in [-0.05, 0) is 0 Å². The van der Waals surface area contributed by atoms with Crippen molar-refractivity contribution in [2.75, 3.05) is 0 Å². The molecule has 0 aliphatic heterocycles. The molecule has 0 spiro atoms. The van der Waals surface area contributed by atoms with Crippen molar-refractivity contribution in [3.8, 4) is 0 Å². The first kappa shape index (κ1) is 19.8. The quantitative estimate of drug-likeness (QED) is 0.313. The predicted octanol–water partition coefficient (Wildman–Crippen LogP) is 3.93. The summed E-state index contributed by atoms with van der Waals surface area (Å²) in [6, 6.07) is 56.0.